The lowest BCUT2D eigenvalue weighted by Gasteiger charge is -2.12. The molecule has 0 atom stereocenters. The average Bonchev–Trinajstić information content (AvgIpc) is 2.94. The minimum absolute atomic E-state index is 0.116. The van der Waals surface area contributed by atoms with E-state index in [4.69, 9.17) is 30.7 Å². The number of ether oxygens (including phenoxy) is 2. The summed E-state index contributed by atoms with van der Waals surface area (Å²) in [6.07, 6.45) is 0. The number of aliphatic hydroxyl groups is 1. The molecule has 21 heavy (non-hydrogen) atoms. The molecule has 0 aliphatic carbocycles. The molecule has 0 amide bonds. The maximum atomic E-state index is 9.15. The number of benzene rings is 1. The standard InChI is InChI=1S/C14H17ClN2O4/c1-8(2)14-16-12(17-21-14)7-20-13-10(15)4-9(6-18)5-11(13)19-3/h4-5,8,18H,6-7H2,1-3H3. The van der Waals surface area contributed by atoms with E-state index in [9.17, 15) is 0 Å². The van der Waals surface area contributed by atoms with Crippen molar-refractivity contribution >= 4 is 11.6 Å². The van der Waals surface area contributed by atoms with Gasteiger partial charge < -0.3 is 19.1 Å². The summed E-state index contributed by atoms with van der Waals surface area (Å²) >= 11 is 6.13. The van der Waals surface area contributed by atoms with E-state index in [1.807, 2.05) is 13.8 Å². The molecular weight excluding hydrogens is 296 g/mol. The molecule has 0 bridgehead atoms. The van der Waals surface area contributed by atoms with E-state index < -0.39 is 0 Å². The van der Waals surface area contributed by atoms with Crippen LogP contribution in [-0.2, 0) is 13.2 Å². The molecule has 0 fully saturated rings. The van der Waals surface area contributed by atoms with Crippen LogP contribution in [0, 0.1) is 0 Å². The van der Waals surface area contributed by atoms with Gasteiger partial charge in [0.15, 0.2) is 18.1 Å². The van der Waals surface area contributed by atoms with E-state index >= 15 is 0 Å². The Morgan fingerprint density at radius 3 is 2.71 bits per heavy atom. The molecule has 6 nitrogen and oxygen atoms in total. The average molecular weight is 313 g/mol. The van der Waals surface area contributed by atoms with E-state index in [0.29, 0.717) is 33.8 Å². The molecular formula is C14H17ClN2O4. The van der Waals surface area contributed by atoms with Crippen molar-refractivity contribution in [2.24, 2.45) is 0 Å². The fraction of sp³-hybridized carbons (Fsp3) is 0.429. The highest BCUT2D eigenvalue weighted by Gasteiger charge is 2.15. The van der Waals surface area contributed by atoms with Crippen LogP contribution < -0.4 is 9.47 Å². The smallest absolute Gasteiger partial charge is 0.229 e. The minimum atomic E-state index is -0.126. The molecule has 2 rings (SSSR count). The lowest BCUT2D eigenvalue weighted by atomic mass is 10.2. The number of aliphatic hydroxyl groups excluding tert-OH is 1. The van der Waals surface area contributed by atoms with Crippen molar-refractivity contribution in [2.75, 3.05) is 7.11 Å². The maximum absolute atomic E-state index is 9.15. The zero-order chi connectivity index (χ0) is 15.4. The zero-order valence-electron chi connectivity index (χ0n) is 12.1. The van der Waals surface area contributed by atoms with E-state index in [0.717, 1.165) is 0 Å². The number of methoxy groups -OCH3 is 1. The second-order valence-electron chi connectivity index (χ2n) is 4.76. The lowest BCUT2D eigenvalue weighted by molar-refractivity contribution is 0.265. The van der Waals surface area contributed by atoms with E-state index in [2.05, 4.69) is 10.1 Å². The van der Waals surface area contributed by atoms with Crippen molar-refractivity contribution in [3.05, 3.63) is 34.4 Å². The van der Waals surface area contributed by atoms with Gasteiger partial charge in [0.05, 0.1) is 18.7 Å². The number of aromatic nitrogens is 2. The Labute approximate surface area is 127 Å². The molecule has 7 heteroatoms. The summed E-state index contributed by atoms with van der Waals surface area (Å²) in [7, 11) is 1.50. The van der Waals surface area contributed by atoms with Gasteiger partial charge in [-0.05, 0) is 17.7 Å². The third kappa shape index (κ3) is 3.65. The summed E-state index contributed by atoms with van der Waals surface area (Å²) in [6, 6.07) is 3.28. The summed E-state index contributed by atoms with van der Waals surface area (Å²) in [5.74, 6) is 1.98. The highest BCUT2D eigenvalue weighted by atomic mass is 35.5. The van der Waals surface area contributed by atoms with Gasteiger partial charge in [-0.2, -0.15) is 4.98 Å². The topological polar surface area (TPSA) is 77.6 Å². The summed E-state index contributed by atoms with van der Waals surface area (Å²) < 4.78 is 15.9. The van der Waals surface area contributed by atoms with Crippen molar-refractivity contribution in [1.29, 1.82) is 0 Å². The predicted molar refractivity (Wildman–Crippen MR) is 76.6 cm³/mol. The predicted octanol–water partition coefficient (Wildman–Crippen LogP) is 2.93. The minimum Gasteiger partial charge on any atom is -0.493 e. The van der Waals surface area contributed by atoms with Gasteiger partial charge in [0.25, 0.3) is 0 Å². The van der Waals surface area contributed by atoms with Crippen LogP contribution in [-0.4, -0.2) is 22.4 Å². The second kappa shape index (κ2) is 6.78. The maximum Gasteiger partial charge on any atom is 0.229 e. The van der Waals surface area contributed by atoms with Crippen molar-refractivity contribution in [1.82, 2.24) is 10.1 Å². The Balaban J connectivity index is 2.15. The van der Waals surface area contributed by atoms with Gasteiger partial charge in [-0.25, -0.2) is 0 Å². The third-order valence-electron chi connectivity index (χ3n) is 2.80. The van der Waals surface area contributed by atoms with Gasteiger partial charge in [-0.3, -0.25) is 0 Å². The van der Waals surface area contributed by atoms with Gasteiger partial charge in [0, 0.05) is 5.92 Å². The molecule has 0 spiro atoms. The molecule has 0 saturated heterocycles. The van der Waals surface area contributed by atoms with E-state index in [-0.39, 0.29) is 19.1 Å². The summed E-state index contributed by atoms with van der Waals surface area (Å²) in [5.41, 5.74) is 0.644. The van der Waals surface area contributed by atoms with Gasteiger partial charge in [0.2, 0.25) is 11.7 Å². The monoisotopic (exact) mass is 312 g/mol. The normalized spacial score (nSPS) is 11.0. The SMILES string of the molecule is COc1cc(CO)cc(Cl)c1OCc1noc(C(C)C)n1. The fourth-order valence-electron chi connectivity index (χ4n) is 1.70. The first kappa shape index (κ1) is 15.6. The highest BCUT2D eigenvalue weighted by Crippen LogP contribution is 2.36. The molecule has 0 saturated carbocycles. The lowest BCUT2D eigenvalue weighted by Crippen LogP contribution is -2.01. The van der Waals surface area contributed by atoms with Crippen molar-refractivity contribution in [3.63, 3.8) is 0 Å². The van der Waals surface area contributed by atoms with Crippen LogP contribution in [0.1, 0.15) is 37.0 Å². The summed E-state index contributed by atoms with van der Waals surface area (Å²) in [5, 5.41) is 13.3. The molecule has 0 unspecified atom stereocenters. The number of nitrogens with zero attached hydrogens (tertiary/aromatic N) is 2. The summed E-state index contributed by atoms with van der Waals surface area (Å²) in [6.45, 7) is 3.92. The fourth-order valence-corrected chi connectivity index (χ4v) is 1.99. The molecule has 1 heterocycles. The molecule has 2 aromatic rings. The molecule has 0 aliphatic heterocycles. The van der Waals surface area contributed by atoms with Gasteiger partial charge in [-0.15, -0.1) is 0 Å². The van der Waals surface area contributed by atoms with Crippen LogP contribution in [0.3, 0.4) is 0 Å². The van der Waals surface area contributed by atoms with Crippen LogP contribution in [0.2, 0.25) is 5.02 Å². The van der Waals surface area contributed by atoms with Gasteiger partial charge >= 0.3 is 0 Å². The number of hydrogen-bond acceptors (Lipinski definition) is 6. The Kier molecular flexibility index (Phi) is 5.03. The Hall–Kier alpha value is -1.79. The third-order valence-corrected chi connectivity index (χ3v) is 3.08. The number of halogens is 1. The molecule has 0 aliphatic rings. The zero-order valence-corrected chi connectivity index (χ0v) is 12.8. The van der Waals surface area contributed by atoms with Crippen LogP contribution in [0.4, 0.5) is 0 Å². The number of hydrogen-bond donors (Lipinski definition) is 1. The van der Waals surface area contributed by atoms with E-state index in [1.54, 1.807) is 12.1 Å². The second-order valence-corrected chi connectivity index (χ2v) is 5.17. The first-order valence-electron chi connectivity index (χ1n) is 6.47. The molecule has 114 valence electrons. The largest absolute Gasteiger partial charge is 0.493 e. The first-order chi connectivity index (χ1) is 10.0. The molecule has 0 radical (unpaired) electrons. The van der Waals surface area contributed by atoms with Crippen LogP contribution >= 0.6 is 11.6 Å². The Morgan fingerprint density at radius 2 is 2.14 bits per heavy atom. The van der Waals surface area contributed by atoms with E-state index in [1.165, 1.54) is 7.11 Å². The van der Waals surface area contributed by atoms with Gasteiger partial charge in [-0.1, -0.05) is 30.6 Å². The Morgan fingerprint density at radius 1 is 1.38 bits per heavy atom. The van der Waals surface area contributed by atoms with Gasteiger partial charge in [0.1, 0.15) is 0 Å². The molecule has 1 N–H and O–H groups in total. The highest BCUT2D eigenvalue weighted by molar-refractivity contribution is 6.32. The Bertz CT molecular complexity index is 613. The molecule has 1 aromatic heterocycles. The quantitative estimate of drug-likeness (QED) is 0.883. The molecule has 1 aromatic carbocycles. The van der Waals surface area contributed by atoms with Crippen LogP contribution in [0.5, 0.6) is 11.5 Å². The first-order valence-corrected chi connectivity index (χ1v) is 6.85. The van der Waals surface area contributed by atoms with Crippen molar-refractivity contribution < 1.29 is 19.1 Å². The number of rotatable bonds is 6. The van der Waals surface area contributed by atoms with Crippen molar-refractivity contribution in [2.45, 2.75) is 33.0 Å². The van der Waals surface area contributed by atoms with Crippen LogP contribution in [0.15, 0.2) is 16.7 Å². The van der Waals surface area contributed by atoms with Crippen LogP contribution in [0.25, 0.3) is 0 Å². The summed E-state index contributed by atoms with van der Waals surface area (Å²) in [4.78, 5) is 4.22. The van der Waals surface area contributed by atoms with Crippen molar-refractivity contribution in [3.8, 4) is 11.5 Å².